The van der Waals surface area contributed by atoms with Crippen molar-refractivity contribution in [3.8, 4) is 0 Å². The topological polar surface area (TPSA) is 0 Å². The van der Waals surface area contributed by atoms with Crippen LogP contribution in [0.1, 0.15) is 15.3 Å². The van der Waals surface area contributed by atoms with Crippen molar-refractivity contribution in [1.29, 1.82) is 0 Å². The number of hydrogen-bond donors (Lipinski definition) is 0. The molecular formula is C3H11Al. The molecule has 0 aromatic heterocycles. The van der Waals surface area contributed by atoms with E-state index in [4.69, 9.17) is 0 Å². The van der Waals surface area contributed by atoms with Crippen LogP contribution in [-0.4, -0.2) is 16.3 Å². The fraction of sp³-hybridized carbons (Fsp3) is 1.00. The van der Waals surface area contributed by atoms with Crippen LogP contribution >= 0.6 is 0 Å². The van der Waals surface area contributed by atoms with Gasteiger partial charge in [0.2, 0.25) is 16.3 Å². The first-order chi connectivity index (χ1) is 1.73. The Kier molecular flexibility index (Phi) is 2.06. The monoisotopic (exact) mass is 74.1 g/mol. The molecule has 0 aliphatic carbocycles. The fourth-order valence-electron chi connectivity index (χ4n) is 0. The van der Waals surface area contributed by atoms with Crippen LogP contribution in [0, 0.1) is 0 Å². The molecule has 0 aliphatic heterocycles. The molecule has 0 aromatic rings. The Labute approximate surface area is 37.1 Å². The molecule has 0 aliphatic rings. The fourth-order valence-corrected chi connectivity index (χ4v) is 0. The van der Waals surface area contributed by atoms with Gasteiger partial charge >= 0.3 is 0 Å². The van der Waals surface area contributed by atoms with Crippen molar-refractivity contribution >= 4 is 16.3 Å². The van der Waals surface area contributed by atoms with Crippen LogP contribution in [0.3, 0.4) is 0 Å². The maximum Gasteiger partial charge on any atom is 0.215 e. The molecule has 0 radical (unpaired) electrons. The van der Waals surface area contributed by atoms with Crippen LogP contribution in [0.2, 0.25) is 4.78 Å². The van der Waals surface area contributed by atoms with E-state index in [2.05, 4.69) is 13.8 Å². The van der Waals surface area contributed by atoms with E-state index < -0.39 is 0 Å². The minimum absolute atomic E-state index is 0. The van der Waals surface area contributed by atoms with Gasteiger partial charge in [-0.1, -0.05) is 18.6 Å². The summed E-state index contributed by atoms with van der Waals surface area (Å²) in [5.74, 6) is 0. The van der Waals surface area contributed by atoms with Gasteiger partial charge in [0.25, 0.3) is 0 Å². The van der Waals surface area contributed by atoms with Crippen molar-refractivity contribution < 1.29 is 1.43 Å². The first kappa shape index (κ1) is 4.53. The average molecular weight is 74.1 g/mol. The first-order valence-corrected chi connectivity index (χ1v) is 2.89. The van der Waals surface area contributed by atoms with E-state index >= 15 is 0 Å². The van der Waals surface area contributed by atoms with Crippen molar-refractivity contribution in [1.82, 2.24) is 0 Å². The van der Waals surface area contributed by atoms with E-state index in [1.54, 1.807) is 0 Å². The van der Waals surface area contributed by atoms with Gasteiger partial charge in [0.1, 0.15) is 0 Å². The summed E-state index contributed by atoms with van der Waals surface area (Å²) in [5.41, 5.74) is 0. The Morgan fingerprint density at radius 1 is 1.75 bits per heavy atom. The highest BCUT2D eigenvalue weighted by molar-refractivity contribution is 6.10. The van der Waals surface area contributed by atoms with Crippen molar-refractivity contribution in [2.45, 2.75) is 18.6 Å². The van der Waals surface area contributed by atoms with E-state index in [9.17, 15) is 0 Å². The number of rotatable bonds is 0. The van der Waals surface area contributed by atoms with Crippen LogP contribution in [0.15, 0.2) is 0 Å². The lowest BCUT2D eigenvalue weighted by molar-refractivity contribution is 1.08. The Bertz CT molecular complexity index is 11.6. The van der Waals surface area contributed by atoms with Crippen LogP contribution in [-0.2, 0) is 0 Å². The molecule has 0 nitrogen and oxygen atoms in total. The quantitative estimate of drug-likeness (QED) is 0.371. The Morgan fingerprint density at radius 3 is 1.75 bits per heavy atom. The zero-order valence-corrected chi connectivity index (χ0v) is 5.58. The predicted molar refractivity (Wildman–Crippen MR) is 25.8 cm³/mol. The average Bonchev–Trinajstić information content (AvgIpc) is 0.811. The normalized spacial score (nSPS) is 8.75. The second kappa shape index (κ2) is 1.82. The van der Waals surface area contributed by atoms with Gasteiger partial charge in [0, 0.05) is 1.43 Å². The summed E-state index contributed by atoms with van der Waals surface area (Å²) < 4.78 is 0.972. The summed E-state index contributed by atoms with van der Waals surface area (Å²) in [7, 11) is 0. The Morgan fingerprint density at radius 2 is 1.75 bits per heavy atom. The lowest BCUT2D eigenvalue weighted by Crippen LogP contribution is -1.67. The zero-order valence-electron chi connectivity index (χ0n) is 3.58. The molecule has 0 spiro atoms. The summed E-state index contributed by atoms with van der Waals surface area (Å²) in [6, 6.07) is 0. The highest BCUT2D eigenvalue weighted by atomic mass is 27.0. The zero-order chi connectivity index (χ0) is 3.58. The van der Waals surface area contributed by atoms with Crippen molar-refractivity contribution in [3.63, 3.8) is 0 Å². The highest BCUT2D eigenvalue weighted by Crippen LogP contribution is 1.84. The third-order valence-corrected chi connectivity index (χ3v) is 0. The Balaban J connectivity index is 0. The lowest BCUT2D eigenvalue weighted by atomic mass is 10.6. The van der Waals surface area contributed by atoms with Gasteiger partial charge in [0.15, 0.2) is 0 Å². The second-order valence-electron chi connectivity index (χ2n) is 1.73. The SMILES string of the molecule is C[CH](C)[AlH2].[HH]. The highest BCUT2D eigenvalue weighted by Gasteiger charge is 1.70. The van der Waals surface area contributed by atoms with E-state index in [1.165, 1.54) is 16.3 Å². The molecule has 26 valence electrons. The smallest absolute Gasteiger partial charge is 0.0955 e. The van der Waals surface area contributed by atoms with Gasteiger partial charge in [-0.2, -0.15) is 0 Å². The predicted octanol–water partition coefficient (Wildman–Crippen LogP) is 0.694. The van der Waals surface area contributed by atoms with Crippen LogP contribution in [0.25, 0.3) is 0 Å². The van der Waals surface area contributed by atoms with Gasteiger partial charge in [-0.15, -0.1) is 0 Å². The van der Waals surface area contributed by atoms with E-state index in [0.29, 0.717) is 0 Å². The molecule has 0 amide bonds. The second-order valence-corrected chi connectivity index (χ2v) is 4.04. The third-order valence-electron chi connectivity index (χ3n) is 0. The summed E-state index contributed by atoms with van der Waals surface area (Å²) >= 11 is 1.35. The summed E-state index contributed by atoms with van der Waals surface area (Å²) in [4.78, 5) is 0. The van der Waals surface area contributed by atoms with Crippen molar-refractivity contribution in [3.05, 3.63) is 0 Å². The van der Waals surface area contributed by atoms with E-state index in [-0.39, 0.29) is 1.43 Å². The van der Waals surface area contributed by atoms with Gasteiger partial charge < -0.3 is 0 Å². The van der Waals surface area contributed by atoms with Crippen LogP contribution in [0.5, 0.6) is 0 Å². The molecular weight excluding hydrogens is 63.0 g/mol. The van der Waals surface area contributed by atoms with Gasteiger partial charge in [-0.3, -0.25) is 0 Å². The van der Waals surface area contributed by atoms with Gasteiger partial charge in [0.05, 0.1) is 0 Å². The molecule has 0 aromatic carbocycles. The first-order valence-electron chi connectivity index (χ1n) is 1.73. The minimum atomic E-state index is 0. The molecule has 0 saturated heterocycles. The van der Waals surface area contributed by atoms with Gasteiger partial charge in [-0.25, -0.2) is 0 Å². The lowest BCUT2D eigenvalue weighted by Gasteiger charge is -1.77. The summed E-state index contributed by atoms with van der Waals surface area (Å²) in [6.07, 6.45) is 0. The molecule has 1 heteroatoms. The molecule has 0 unspecified atom stereocenters. The maximum atomic E-state index is 2.23. The van der Waals surface area contributed by atoms with Crippen molar-refractivity contribution in [2.75, 3.05) is 0 Å². The largest absolute Gasteiger partial charge is 0.215 e. The molecule has 4 heavy (non-hydrogen) atoms. The summed E-state index contributed by atoms with van der Waals surface area (Å²) in [5, 5.41) is 0. The van der Waals surface area contributed by atoms with Crippen LogP contribution < -0.4 is 0 Å². The molecule has 0 saturated carbocycles. The molecule has 0 fully saturated rings. The van der Waals surface area contributed by atoms with E-state index in [0.717, 1.165) is 4.78 Å². The third kappa shape index (κ3) is 21.0. The maximum absolute atomic E-state index is 2.23. The summed E-state index contributed by atoms with van der Waals surface area (Å²) in [6.45, 7) is 4.46. The molecule has 0 N–H and O–H groups in total. The van der Waals surface area contributed by atoms with Gasteiger partial charge in [-0.05, 0) is 0 Å². The van der Waals surface area contributed by atoms with Crippen LogP contribution in [0.4, 0.5) is 0 Å². The minimum Gasteiger partial charge on any atom is -0.0955 e. The van der Waals surface area contributed by atoms with E-state index in [1.807, 2.05) is 0 Å². The van der Waals surface area contributed by atoms with Crippen molar-refractivity contribution in [2.24, 2.45) is 0 Å². The molecule has 0 atom stereocenters. The standard InChI is InChI=1S/C3H7.Al.H2.2H/c1-3-2;;;;/h3H,1-2H3;;1H;;. The Hall–Kier alpha value is 0.532. The molecule has 0 bridgehead atoms. The molecule has 0 heterocycles. The number of hydrogen-bond acceptors (Lipinski definition) is 0. The molecule has 0 rings (SSSR count).